The molecule has 0 aromatic heterocycles. The van der Waals surface area contributed by atoms with E-state index in [4.69, 9.17) is 0 Å². The van der Waals surface area contributed by atoms with Crippen LogP contribution in [0.3, 0.4) is 0 Å². The summed E-state index contributed by atoms with van der Waals surface area (Å²) < 4.78 is 13.9. The summed E-state index contributed by atoms with van der Waals surface area (Å²) in [7, 11) is 0. The third-order valence-corrected chi connectivity index (χ3v) is 4.69. The summed E-state index contributed by atoms with van der Waals surface area (Å²) in [6.07, 6.45) is 3.78. The van der Waals surface area contributed by atoms with E-state index in [0.29, 0.717) is 6.04 Å². The average Bonchev–Trinajstić information content (AvgIpc) is 2.81. The van der Waals surface area contributed by atoms with Crippen molar-refractivity contribution in [3.8, 4) is 0 Å². The molecule has 1 N–H and O–H groups in total. The first kappa shape index (κ1) is 14.8. The Labute approximate surface area is 127 Å². The van der Waals surface area contributed by atoms with E-state index in [0.717, 1.165) is 37.4 Å². The molecule has 1 aromatic rings. The summed E-state index contributed by atoms with van der Waals surface area (Å²) >= 11 is 0. The fourth-order valence-electron chi connectivity index (χ4n) is 3.63. The molecular formula is C17H26FN3. The third kappa shape index (κ3) is 3.55. The van der Waals surface area contributed by atoms with Crippen molar-refractivity contribution in [1.29, 1.82) is 0 Å². The van der Waals surface area contributed by atoms with E-state index >= 15 is 0 Å². The molecule has 0 radical (unpaired) electrons. The molecule has 116 valence electrons. The molecule has 3 rings (SSSR count). The largest absolute Gasteiger partial charge is 0.370 e. The molecule has 2 fully saturated rings. The lowest BCUT2D eigenvalue weighted by atomic mass is 10.1. The summed E-state index contributed by atoms with van der Waals surface area (Å²) in [4.78, 5) is 4.99. The highest BCUT2D eigenvalue weighted by molar-refractivity contribution is 5.49. The Morgan fingerprint density at radius 1 is 1.19 bits per heavy atom. The maximum Gasteiger partial charge on any atom is 0.125 e. The number of nitrogens with one attached hydrogen (secondary N) is 1. The van der Waals surface area contributed by atoms with Gasteiger partial charge in [0.1, 0.15) is 5.82 Å². The molecule has 21 heavy (non-hydrogen) atoms. The van der Waals surface area contributed by atoms with Gasteiger partial charge in [0.05, 0.1) is 0 Å². The summed E-state index contributed by atoms with van der Waals surface area (Å²) in [6, 6.07) is 6.15. The maximum atomic E-state index is 13.9. The van der Waals surface area contributed by atoms with Gasteiger partial charge >= 0.3 is 0 Å². The summed E-state index contributed by atoms with van der Waals surface area (Å²) in [5.41, 5.74) is 2.09. The Kier molecular flexibility index (Phi) is 4.76. The van der Waals surface area contributed by atoms with Crippen LogP contribution >= 0.6 is 0 Å². The highest BCUT2D eigenvalue weighted by Crippen LogP contribution is 2.26. The van der Waals surface area contributed by atoms with E-state index in [1.54, 1.807) is 12.1 Å². The van der Waals surface area contributed by atoms with Crippen molar-refractivity contribution in [2.24, 2.45) is 0 Å². The van der Waals surface area contributed by atoms with Gasteiger partial charge in [-0.25, -0.2) is 4.39 Å². The average molecular weight is 291 g/mol. The van der Waals surface area contributed by atoms with E-state index in [9.17, 15) is 4.39 Å². The van der Waals surface area contributed by atoms with Crippen LogP contribution < -0.4 is 10.2 Å². The molecule has 0 bridgehead atoms. The van der Waals surface area contributed by atoms with E-state index in [1.807, 2.05) is 0 Å². The minimum Gasteiger partial charge on any atom is -0.370 e. The van der Waals surface area contributed by atoms with Gasteiger partial charge in [0.2, 0.25) is 0 Å². The second-order valence-electron chi connectivity index (χ2n) is 6.23. The quantitative estimate of drug-likeness (QED) is 0.920. The molecule has 2 aliphatic rings. The Hall–Kier alpha value is -1.13. The van der Waals surface area contributed by atoms with Crippen LogP contribution in [-0.2, 0) is 6.54 Å². The van der Waals surface area contributed by atoms with E-state index < -0.39 is 0 Å². The lowest BCUT2D eigenvalue weighted by Crippen LogP contribution is -2.36. The second kappa shape index (κ2) is 6.75. The van der Waals surface area contributed by atoms with Gasteiger partial charge in [0.15, 0.2) is 0 Å². The molecule has 2 saturated heterocycles. The van der Waals surface area contributed by atoms with Crippen LogP contribution in [0.4, 0.5) is 10.1 Å². The van der Waals surface area contributed by atoms with E-state index in [1.165, 1.54) is 32.4 Å². The molecule has 0 aliphatic carbocycles. The standard InChI is InChI=1S/C17H26FN3/c1-2-19-12-14-9-15(18)11-17(10-14)21-8-4-7-20-6-3-5-16(20)13-21/h9-11,16,19H,2-8,12-13H2,1H3. The lowest BCUT2D eigenvalue weighted by Gasteiger charge is -2.27. The first-order valence-corrected chi connectivity index (χ1v) is 8.25. The van der Waals surface area contributed by atoms with Gasteiger partial charge in [-0.05, 0) is 56.1 Å². The number of halogens is 1. The van der Waals surface area contributed by atoms with Crippen LogP contribution in [0.15, 0.2) is 18.2 Å². The Balaban J connectivity index is 1.76. The van der Waals surface area contributed by atoms with Gasteiger partial charge in [-0.2, -0.15) is 0 Å². The molecule has 0 saturated carbocycles. The molecule has 4 heteroatoms. The topological polar surface area (TPSA) is 18.5 Å². The van der Waals surface area contributed by atoms with Gasteiger partial charge in [-0.1, -0.05) is 6.92 Å². The zero-order chi connectivity index (χ0) is 14.7. The Bertz CT molecular complexity index is 477. The molecule has 1 atom stereocenters. The SMILES string of the molecule is CCNCc1cc(F)cc(N2CCCN3CCCC3C2)c1. The van der Waals surface area contributed by atoms with Crippen molar-refractivity contribution in [2.75, 3.05) is 37.6 Å². The van der Waals surface area contributed by atoms with E-state index in [2.05, 4.69) is 28.1 Å². The molecular weight excluding hydrogens is 265 g/mol. The van der Waals surface area contributed by atoms with Crippen LogP contribution in [0, 0.1) is 5.82 Å². The van der Waals surface area contributed by atoms with Crippen LogP contribution in [0.1, 0.15) is 31.7 Å². The van der Waals surface area contributed by atoms with Crippen molar-refractivity contribution < 1.29 is 4.39 Å². The smallest absolute Gasteiger partial charge is 0.125 e. The predicted octanol–water partition coefficient (Wildman–Crippen LogP) is 2.61. The van der Waals surface area contributed by atoms with Crippen LogP contribution in [-0.4, -0.2) is 43.7 Å². The van der Waals surface area contributed by atoms with Crippen molar-refractivity contribution in [3.05, 3.63) is 29.6 Å². The fraction of sp³-hybridized carbons (Fsp3) is 0.647. The van der Waals surface area contributed by atoms with Gasteiger partial charge in [0.25, 0.3) is 0 Å². The zero-order valence-corrected chi connectivity index (χ0v) is 12.9. The third-order valence-electron chi connectivity index (χ3n) is 4.69. The predicted molar refractivity (Wildman–Crippen MR) is 85.2 cm³/mol. The van der Waals surface area contributed by atoms with Gasteiger partial charge in [-0.15, -0.1) is 0 Å². The summed E-state index contributed by atoms with van der Waals surface area (Å²) in [5, 5.41) is 3.28. The normalized spacial score (nSPS) is 23.1. The van der Waals surface area contributed by atoms with Gasteiger partial charge < -0.3 is 10.2 Å². The molecule has 1 unspecified atom stereocenters. The highest BCUT2D eigenvalue weighted by atomic mass is 19.1. The number of anilines is 1. The zero-order valence-electron chi connectivity index (χ0n) is 12.9. The summed E-state index contributed by atoms with van der Waals surface area (Å²) in [6.45, 7) is 8.25. The summed E-state index contributed by atoms with van der Waals surface area (Å²) in [5.74, 6) is -0.118. The second-order valence-corrected chi connectivity index (χ2v) is 6.23. The molecule has 3 nitrogen and oxygen atoms in total. The first-order chi connectivity index (χ1) is 10.3. The van der Waals surface area contributed by atoms with E-state index in [-0.39, 0.29) is 5.82 Å². The highest BCUT2D eigenvalue weighted by Gasteiger charge is 2.28. The van der Waals surface area contributed by atoms with Crippen molar-refractivity contribution >= 4 is 5.69 Å². The number of benzene rings is 1. The molecule has 0 spiro atoms. The molecule has 0 amide bonds. The van der Waals surface area contributed by atoms with Gasteiger partial charge in [-0.3, -0.25) is 4.90 Å². The molecule has 2 aliphatic heterocycles. The van der Waals surface area contributed by atoms with Gasteiger partial charge in [0, 0.05) is 37.9 Å². The number of fused-ring (bicyclic) bond motifs is 1. The van der Waals surface area contributed by atoms with Crippen molar-refractivity contribution in [3.63, 3.8) is 0 Å². The Morgan fingerprint density at radius 3 is 2.90 bits per heavy atom. The van der Waals surface area contributed by atoms with Crippen LogP contribution in [0.25, 0.3) is 0 Å². The minimum atomic E-state index is -0.118. The van der Waals surface area contributed by atoms with Crippen LogP contribution in [0.2, 0.25) is 0 Å². The van der Waals surface area contributed by atoms with Crippen molar-refractivity contribution in [2.45, 2.75) is 38.8 Å². The number of hydrogen-bond donors (Lipinski definition) is 1. The Morgan fingerprint density at radius 2 is 2.05 bits per heavy atom. The fourth-order valence-corrected chi connectivity index (χ4v) is 3.63. The molecule has 1 aromatic carbocycles. The number of rotatable bonds is 4. The first-order valence-electron chi connectivity index (χ1n) is 8.25. The monoisotopic (exact) mass is 291 g/mol. The number of hydrogen-bond acceptors (Lipinski definition) is 3. The minimum absolute atomic E-state index is 0.118. The van der Waals surface area contributed by atoms with Crippen LogP contribution in [0.5, 0.6) is 0 Å². The maximum absolute atomic E-state index is 13.9. The lowest BCUT2D eigenvalue weighted by molar-refractivity contribution is 0.273. The number of nitrogens with zero attached hydrogens (tertiary/aromatic N) is 2. The molecule has 2 heterocycles. The van der Waals surface area contributed by atoms with Crippen molar-refractivity contribution in [1.82, 2.24) is 10.2 Å².